The van der Waals surface area contributed by atoms with Gasteiger partial charge in [-0.3, -0.25) is 14.9 Å². The second-order valence-electron chi connectivity index (χ2n) is 5.40. The summed E-state index contributed by atoms with van der Waals surface area (Å²) in [6, 6.07) is 11.4. The highest BCUT2D eigenvalue weighted by Gasteiger charge is 2.22. The number of benzene rings is 2. The number of carbonyl (C=O) groups is 1. The first kappa shape index (κ1) is 18.5. The summed E-state index contributed by atoms with van der Waals surface area (Å²) in [5.41, 5.74) is 0.463. The Morgan fingerprint density at radius 1 is 1.22 bits per heavy atom. The normalized spacial score (nSPS) is 11.8. The van der Waals surface area contributed by atoms with E-state index in [-0.39, 0.29) is 28.3 Å². The molecule has 0 saturated heterocycles. The van der Waals surface area contributed by atoms with Gasteiger partial charge in [0.05, 0.1) is 10.2 Å². The van der Waals surface area contributed by atoms with E-state index < -0.39 is 16.1 Å². The molecule has 0 fully saturated rings. The number of halogens is 1. The third-order valence-electron chi connectivity index (χ3n) is 3.50. The van der Waals surface area contributed by atoms with Gasteiger partial charge in [0.1, 0.15) is 11.5 Å². The standard InChI is InChI=1S/C17H13FN4O4S/c1-10(15(23)19-13-4-2-3-5-14(13)22(24)25)27-17-21-20-16(26-17)11-6-8-12(18)9-7-11/h2-10H,1H3,(H,19,23). The number of rotatable bonds is 6. The summed E-state index contributed by atoms with van der Waals surface area (Å²) in [5, 5.41) is 20.8. The third kappa shape index (κ3) is 4.47. The molecule has 1 unspecified atom stereocenters. The predicted octanol–water partition coefficient (Wildman–Crippen LogP) is 3.90. The van der Waals surface area contributed by atoms with Gasteiger partial charge in [-0.25, -0.2) is 4.39 Å². The Hall–Kier alpha value is -3.27. The van der Waals surface area contributed by atoms with Crippen molar-refractivity contribution in [3.8, 4) is 11.5 Å². The fraction of sp³-hybridized carbons (Fsp3) is 0.118. The molecule has 1 N–H and O–H groups in total. The molecule has 1 atom stereocenters. The second-order valence-corrected chi connectivity index (χ2v) is 6.70. The Morgan fingerprint density at radius 2 is 1.93 bits per heavy atom. The van der Waals surface area contributed by atoms with Crippen LogP contribution in [0.5, 0.6) is 0 Å². The maximum Gasteiger partial charge on any atom is 0.292 e. The average molecular weight is 388 g/mol. The average Bonchev–Trinajstić information content (AvgIpc) is 3.11. The minimum atomic E-state index is -0.647. The van der Waals surface area contributed by atoms with Gasteiger partial charge in [0, 0.05) is 11.6 Å². The minimum Gasteiger partial charge on any atom is -0.411 e. The summed E-state index contributed by atoms with van der Waals surface area (Å²) in [6.45, 7) is 1.61. The molecule has 8 nitrogen and oxygen atoms in total. The van der Waals surface area contributed by atoms with Crippen molar-refractivity contribution in [3.63, 3.8) is 0 Å². The molecule has 1 heterocycles. The summed E-state index contributed by atoms with van der Waals surface area (Å²) in [7, 11) is 0. The van der Waals surface area contributed by atoms with Crippen molar-refractivity contribution in [3.05, 3.63) is 64.5 Å². The topological polar surface area (TPSA) is 111 Å². The summed E-state index contributed by atoms with van der Waals surface area (Å²) in [5.74, 6) is -0.632. The van der Waals surface area contributed by atoms with Crippen molar-refractivity contribution < 1.29 is 18.5 Å². The van der Waals surface area contributed by atoms with E-state index in [4.69, 9.17) is 4.42 Å². The van der Waals surface area contributed by atoms with Crippen LogP contribution in [-0.4, -0.2) is 26.3 Å². The van der Waals surface area contributed by atoms with Crippen molar-refractivity contribution in [2.24, 2.45) is 0 Å². The summed E-state index contributed by atoms with van der Waals surface area (Å²) < 4.78 is 18.4. The van der Waals surface area contributed by atoms with Gasteiger partial charge in [-0.2, -0.15) is 0 Å². The van der Waals surface area contributed by atoms with Crippen LogP contribution in [0, 0.1) is 15.9 Å². The van der Waals surface area contributed by atoms with E-state index in [2.05, 4.69) is 15.5 Å². The Morgan fingerprint density at radius 3 is 2.63 bits per heavy atom. The second kappa shape index (κ2) is 7.96. The van der Waals surface area contributed by atoms with Crippen molar-refractivity contribution in [1.82, 2.24) is 10.2 Å². The van der Waals surface area contributed by atoms with E-state index in [0.29, 0.717) is 5.56 Å². The fourth-order valence-electron chi connectivity index (χ4n) is 2.14. The van der Waals surface area contributed by atoms with Gasteiger partial charge >= 0.3 is 0 Å². The van der Waals surface area contributed by atoms with E-state index in [9.17, 15) is 19.3 Å². The molecule has 27 heavy (non-hydrogen) atoms. The van der Waals surface area contributed by atoms with E-state index in [1.807, 2.05) is 0 Å². The van der Waals surface area contributed by atoms with Gasteiger partial charge in [-0.15, -0.1) is 10.2 Å². The molecule has 138 valence electrons. The van der Waals surface area contributed by atoms with Crippen molar-refractivity contribution in [2.45, 2.75) is 17.4 Å². The number of aromatic nitrogens is 2. The molecule has 0 aliphatic rings. The summed E-state index contributed by atoms with van der Waals surface area (Å²) >= 11 is 1.01. The zero-order valence-electron chi connectivity index (χ0n) is 14.0. The molecule has 0 aliphatic heterocycles. The summed E-state index contributed by atoms with van der Waals surface area (Å²) in [4.78, 5) is 22.8. The maximum atomic E-state index is 13.0. The Balaban J connectivity index is 1.67. The highest BCUT2D eigenvalue weighted by atomic mass is 32.2. The smallest absolute Gasteiger partial charge is 0.292 e. The number of nitro benzene ring substituents is 1. The number of nitrogens with zero attached hydrogens (tertiary/aromatic N) is 3. The number of thioether (sulfide) groups is 1. The van der Waals surface area contributed by atoms with Crippen LogP contribution in [0.25, 0.3) is 11.5 Å². The fourth-order valence-corrected chi connectivity index (χ4v) is 2.83. The van der Waals surface area contributed by atoms with Crippen molar-refractivity contribution in [1.29, 1.82) is 0 Å². The molecule has 0 bridgehead atoms. The van der Waals surface area contributed by atoms with Crippen LogP contribution < -0.4 is 5.32 Å². The lowest BCUT2D eigenvalue weighted by molar-refractivity contribution is -0.383. The molecule has 2 aromatic carbocycles. The van der Waals surface area contributed by atoms with E-state index in [0.717, 1.165) is 11.8 Å². The van der Waals surface area contributed by atoms with Crippen LogP contribution in [0.15, 0.2) is 58.2 Å². The first-order valence-electron chi connectivity index (χ1n) is 7.74. The van der Waals surface area contributed by atoms with E-state index >= 15 is 0 Å². The quantitative estimate of drug-likeness (QED) is 0.387. The first-order valence-corrected chi connectivity index (χ1v) is 8.62. The molecule has 10 heteroatoms. The number of anilines is 1. The Bertz CT molecular complexity index is 977. The van der Waals surface area contributed by atoms with Crippen LogP contribution >= 0.6 is 11.8 Å². The molecule has 3 aromatic rings. The molecule has 1 amide bonds. The molecule has 0 aliphatic carbocycles. The van der Waals surface area contributed by atoms with Gasteiger partial charge in [0.25, 0.3) is 10.9 Å². The molecule has 1 aromatic heterocycles. The van der Waals surface area contributed by atoms with Crippen molar-refractivity contribution >= 4 is 29.0 Å². The molecule has 0 radical (unpaired) electrons. The SMILES string of the molecule is CC(Sc1nnc(-c2ccc(F)cc2)o1)C(=O)Nc1ccccc1[N+](=O)[O-]. The molecule has 0 spiro atoms. The van der Waals surface area contributed by atoms with Gasteiger partial charge in [0.2, 0.25) is 11.8 Å². The number of nitro groups is 1. The van der Waals surface area contributed by atoms with Crippen molar-refractivity contribution in [2.75, 3.05) is 5.32 Å². The van der Waals surface area contributed by atoms with Crippen LogP contribution in [0.1, 0.15) is 6.92 Å². The van der Waals surface area contributed by atoms with Crippen LogP contribution in [0.2, 0.25) is 0 Å². The third-order valence-corrected chi connectivity index (χ3v) is 4.44. The minimum absolute atomic E-state index is 0.109. The lowest BCUT2D eigenvalue weighted by Crippen LogP contribution is -2.22. The highest BCUT2D eigenvalue weighted by molar-refractivity contribution is 8.00. The molecule has 3 rings (SSSR count). The molecule has 0 saturated carbocycles. The largest absolute Gasteiger partial charge is 0.411 e. The van der Waals surface area contributed by atoms with Gasteiger partial charge in [-0.1, -0.05) is 23.9 Å². The molecular weight excluding hydrogens is 375 g/mol. The van der Waals surface area contributed by atoms with E-state index in [1.54, 1.807) is 13.0 Å². The van der Waals surface area contributed by atoms with Crippen LogP contribution in [0.3, 0.4) is 0 Å². The first-order chi connectivity index (χ1) is 12.9. The number of amides is 1. The highest BCUT2D eigenvalue weighted by Crippen LogP contribution is 2.28. The number of carbonyl (C=O) groups excluding carboxylic acids is 1. The zero-order chi connectivity index (χ0) is 19.4. The zero-order valence-corrected chi connectivity index (χ0v) is 14.8. The summed E-state index contributed by atoms with van der Waals surface area (Å²) in [6.07, 6.45) is 0. The lowest BCUT2D eigenvalue weighted by atomic mass is 10.2. The Labute approximate surface area is 156 Å². The molecular formula is C17H13FN4O4S. The van der Waals surface area contributed by atoms with E-state index in [1.165, 1.54) is 42.5 Å². The van der Waals surface area contributed by atoms with Crippen LogP contribution in [0.4, 0.5) is 15.8 Å². The monoisotopic (exact) mass is 388 g/mol. The van der Waals surface area contributed by atoms with Crippen LogP contribution in [-0.2, 0) is 4.79 Å². The lowest BCUT2D eigenvalue weighted by Gasteiger charge is -2.10. The van der Waals surface area contributed by atoms with Gasteiger partial charge in [0.15, 0.2) is 0 Å². The number of para-hydroxylation sites is 2. The number of hydrogen-bond acceptors (Lipinski definition) is 7. The number of hydrogen-bond donors (Lipinski definition) is 1. The maximum absolute atomic E-state index is 13.0. The Kier molecular flexibility index (Phi) is 5.46. The predicted molar refractivity (Wildman–Crippen MR) is 96.7 cm³/mol. The van der Waals surface area contributed by atoms with Gasteiger partial charge < -0.3 is 9.73 Å². The van der Waals surface area contributed by atoms with Gasteiger partial charge in [-0.05, 0) is 37.3 Å². The number of nitrogens with one attached hydrogen (secondary N) is 1.